The molecule has 0 radical (unpaired) electrons. The summed E-state index contributed by atoms with van der Waals surface area (Å²) in [6.07, 6.45) is 1.21. The molecule has 0 unspecified atom stereocenters. The van der Waals surface area contributed by atoms with E-state index in [0.717, 1.165) is 16.5 Å². The number of esters is 2. The highest BCUT2D eigenvalue weighted by atomic mass is 16.5. The Hall–Kier alpha value is -2.50. The van der Waals surface area contributed by atoms with Gasteiger partial charge in [-0.2, -0.15) is 0 Å². The second-order valence-corrected chi connectivity index (χ2v) is 5.05. The first-order chi connectivity index (χ1) is 11.1. The first-order valence-electron chi connectivity index (χ1n) is 7.55. The molecule has 0 aliphatic heterocycles. The Morgan fingerprint density at radius 3 is 2.65 bits per heavy atom. The highest BCUT2D eigenvalue weighted by Crippen LogP contribution is 2.28. The van der Waals surface area contributed by atoms with E-state index in [4.69, 9.17) is 14.2 Å². The Balaban J connectivity index is 2.32. The van der Waals surface area contributed by atoms with Crippen molar-refractivity contribution in [1.82, 2.24) is 4.98 Å². The van der Waals surface area contributed by atoms with Crippen molar-refractivity contribution in [2.75, 3.05) is 20.3 Å². The summed E-state index contributed by atoms with van der Waals surface area (Å²) in [7, 11) is 1.60. The fourth-order valence-electron chi connectivity index (χ4n) is 2.46. The third kappa shape index (κ3) is 4.03. The van der Waals surface area contributed by atoms with Crippen molar-refractivity contribution >= 4 is 22.8 Å². The van der Waals surface area contributed by atoms with E-state index in [1.54, 1.807) is 14.0 Å². The van der Waals surface area contributed by atoms with E-state index in [1.165, 1.54) is 6.92 Å². The van der Waals surface area contributed by atoms with Crippen LogP contribution in [0.4, 0.5) is 0 Å². The molecule has 0 amide bonds. The number of hydrogen-bond acceptors (Lipinski definition) is 5. The van der Waals surface area contributed by atoms with Gasteiger partial charge >= 0.3 is 11.9 Å². The third-order valence-electron chi connectivity index (χ3n) is 3.47. The number of hydrogen-bond donors (Lipinski definition) is 1. The van der Waals surface area contributed by atoms with Crippen LogP contribution < -0.4 is 4.74 Å². The third-order valence-corrected chi connectivity index (χ3v) is 3.47. The molecule has 2 aromatic rings. The number of nitrogens with one attached hydrogen (secondary N) is 1. The lowest BCUT2D eigenvalue weighted by Crippen LogP contribution is -2.09. The van der Waals surface area contributed by atoms with E-state index in [9.17, 15) is 9.59 Å². The summed E-state index contributed by atoms with van der Waals surface area (Å²) in [5, 5.41) is 0.912. The van der Waals surface area contributed by atoms with Gasteiger partial charge in [0.05, 0.1) is 20.3 Å². The van der Waals surface area contributed by atoms with Crippen LogP contribution in [0.15, 0.2) is 18.2 Å². The molecule has 0 atom stereocenters. The summed E-state index contributed by atoms with van der Waals surface area (Å²) >= 11 is 0. The minimum absolute atomic E-state index is 0.309. The van der Waals surface area contributed by atoms with Crippen LogP contribution in [0.3, 0.4) is 0 Å². The monoisotopic (exact) mass is 319 g/mol. The molecular formula is C17H21NO5. The molecule has 0 fully saturated rings. The van der Waals surface area contributed by atoms with Crippen LogP contribution >= 0.6 is 0 Å². The SMILES string of the molecule is CCOC(=O)c1[nH]c2ccc(OC)cc2c1CCCOC(C)=O. The average Bonchev–Trinajstić information content (AvgIpc) is 2.89. The number of carbonyl (C=O) groups is 2. The Bertz CT molecular complexity index is 704. The standard InChI is InChI=1S/C17H21NO5/c1-4-22-17(20)16-13(6-5-9-23-11(2)19)14-10-12(21-3)7-8-15(14)18-16/h7-8,10,18H,4-6,9H2,1-3H3. The molecule has 0 bridgehead atoms. The molecule has 0 spiro atoms. The van der Waals surface area contributed by atoms with Crippen molar-refractivity contribution in [2.24, 2.45) is 0 Å². The van der Waals surface area contributed by atoms with Gasteiger partial charge < -0.3 is 19.2 Å². The maximum Gasteiger partial charge on any atom is 0.355 e. The largest absolute Gasteiger partial charge is 0.497 e. The van der Waals surface area contributed by atoms with E-state index < -0.39 is 0 Å². The van der Waals surface area contributed by atoms with Crippen LogP contribution in [-0.2, 0) is 20.7 Å². The number of aromatic amines is 1. The fourth-order valence-corrected chi connectivity index (χ4v) is 2.46. The minimum atomic E-state index is -0.384. The summed E-state index contributed by atoms with van der Waals surface area (Å²) < 4.78 is 15.3. The van der Waals surface area contributed by atoms with E-state index in [1.807, 2.05) is 18.2 Å². The van der Waals surface area contributed by atoms with Gasteiger partial charge in [-0.1, -0.05) is 0 Å². The van der Waals surface area contributed by atoms with Gasteiger partial charge in [0.25, 0.3) is 0 Å². The maximum atomic E-state index is 12.2. The number of H-pyrrole nitrogens is 1. The predicted octanol–water partition coefficient (Wildman–Crippen LogP) is 2.85. The van der Waals surface area contributed by atoms with Crippen LogP contribution in [0.1, 0.15) is 36.3 Å². The predicted molar refractivity (Wildman–Crippen MR) is 85.8 cm³/mol. The summed E-state index contributed by atoms with van der Waals surface area (Å²) in [6, 6.07) is 5.58. The molecule has 0 saturated carbocycles. The van der Waals surface area contributed by atoms with Crippen molar-refractivity contribution in [2.45, 2.75) is 26.7 Å². The zero-order chi connectivity index (χ0) is 16.8. The number of ether oxygens (including phenoxy) is 3. The van der Waals surface area contributed by atoms with Crippen molar-refractivity contribution < 1.29 is 23.8 Å². The van der Waals surface area contributed by atoms with Gasteiger partial charge in [-0.3, -0.25) is 4.79 Å². The summed E-state index contributed by atoms with van der Waals surface area (Å²) in [4.78, 5) is 26.1. The van der Waals surface area contributed by atoms with Gasteiger partial charge in [-0.25, -0.2) is 4.79 Å². The highest BCUT2D eigenvalue weighted by molar-refractivity contribution is 5.98. The van der Waals surface area contributed by atoms with Crippen LogP contribution in [-0.4, -0.2) is 37.2 Å². The molecular weight excluding hydrogens is 298 g/mol. The Morgan fingerprint density at radius 1 is 1.22 bits per heavy atom. The average molecular weight is 319 g/mol. The fraction of sp³-hybridized carbons (Fsp3) is 0.412. The second-order valence-electron chi connectivity index (χ2n) is 5.05. The topological polar surface area (TPSA) is 77.6 Å². The molecule has 0 aliphatic rings. The second kappa shape index (κ2) is 7.67. The van der Waals surface area contributed by atoms with E-state index in [2.05, 4.69) is 4.98 Å². The summed E-state index contributed by atoms with van der Waals surface area (Å²) in [5.74, 6) is 0.0227. The van der Waals surface area contributed by atoms with Crippen LogP contribution in [0, 0.1) is 0 Å². The van der Waals surface area contributed by atoms with Crippen molar-refractivity contribution in [3.8, 4) is 5.75 Å². The van der Waals surface area contributed by atoms with E-state index in [-0.39, 0.29) is 11.9 Å². The Labute approximate surface area is 134 Å². The number of aromatic nitrogens is 1. The minimum Gasteiger partial charge on any atom is -0.497 e. The zero-order valence-corrected chi connectivity index (χ0v) is 13.6. The Morgan fingerprint density at radius 2 is 2.00 bits per heavy atom. The molecule has 1 aromatic carbocycles. The lowest BCUT2D eigenvalue weighted by molar-refractivity contribution is -0.141. The number of carbonyl (C=O) groups excluding carboxylic acids is 2. The Kier molecular flexibility index (Phi) is 5.62. The van der Waals surface area contributed by atoms with Gasteiger partial charge in [-0.15, -0.1) is 0 Å². The van der Waals surface area contributed by atoms with E-state index >= 15 is 0 Å². The molecule has 6 heteroatoms. The lowest BCUT2D eigenvalue weighted by Gasteiger charge is -2.06. The van der Waals surface area contributed by atoms with Crippen molar-refractivity contribution in [3.05, 3.63) is 29.5 Å². The molecule has 0 aliphatic carbocycles. The van der Waals surface area contributed by atoms with Gasteiger partial charge in [0.15, 0.2) is 0 Å². The maximum absolute atomic E-state index is 12.2. The van der Waals surface area contributed by atoms with Crippen molar-refractivity contribution in [1.29, 1.82) is 0 Å². The molecule has 2 rings (SSSR count). The molecule has 1 heterocycles. The number of benzene rings is 1. The lowest BCUT2D eigenvalue weighted by atomic mass is 10.1. The number of aryl methyl sites for hydroxylation is 1. The first kappa shape index (κ1) is 16.9. The summed E-state index contributed by atoms with van der Waals surface area (Å²) in [6.45, 7) is 3.77. The molecule has 1 N–H and O–H groups in total. The van der Waals surface area contributed by atoms with Gasteiger partial charge in [0.2, 0.25) is 0 Å². The molecule has 124 valence electrons. The van der Waals surface area contributed by atoms with E-state index in [0.29, 0.717) is 37.5 Å². The normalized spacial score (nSPS) is 10.6. The first-order valence-corrected chi connectivity index (χ1v) is 7.55. The highest BCUT2D eigenvalue weighted by Gasteiger charge is 2.19. The number of rotatable bonds is 7. The van der Waals surface area contributed by atoms with Gasteiger partial charge in [0, 0.05) is 17.8 Å². The van der Waals surface area contributed by atoms with Gasteiger partial charge in [-0.05, 0) is 43.5 Å². The smallest absolute Gasteiger partial charge is 0.355 e. The number of methoxy groups -OCH3 is 1. The molecule has 1 aromatic heterocycles. The quantitative estimate of drug-likeness (QED) is 0.627. The van der Waals surface area contributed by atoms with Crippen LogP contribution in [0.5, 0.6) is 5.75 Å². The van der Waals surface area contributed by atoms with Crippen LogP contribution in [0.2, 0.25) is 0 Å². The molecule has 0 saturated heterocycles. The summed E-state index contributed by atoms with van der Waals surface area (Å²) in [5.41, 5.74) is 2.14. The zero-order valence-electron chi connectivity index (χ0n) is 13.6. The molecule has 6 nitrogen and oxygen atoms in total. The molecule has 23 heavy (non-hydrogen) atoms. The number of fused-ring (bicyclic) bond motifs is 1. The van der Waals surface area contributed by atoms with Gasteiger partial charge in [0.1, 0.15) is 11.4 Å². The van der Waals surface area contributed by atoms with Crippen LogP contribution in [0.25, 0.3) is 10.9 Å². The van der Waals surface area contributed by atoms with Crippen molar-refractivity contribution in [3.63, 3.8) is 0 Å².